The SMILES string of the molecule is CCOc1cccc(-c2cc(C(=O)O)c3cccc(C(C)C)c3n2)c1. The van der Waals surface area contributed by atoms with Gasteiger partial charge in [0.05, 0.1) is 23.4 Å². The van der Waals surface area contributed by atoms with Gasteiger partial charge in [-0.1, -0.05) is 44.2 Å². The second kappa shape index (κ2) is 6.93. The highest BCUT2D eigenvalue weighted by Gasteiger charge is 2.16. The zero-order valence-electron chi connectivity index (χ0n) is 14.6. The van der Waals surface area contributed by atoms with Gasteiger partial charge in [0.2, 0.25) is 0 Å². The predicted molar refractivity (Wildman–Crippen MR) is 99.4 cm³/mol. The standard InChI is InChI=1S/C21H21NO3/c1-4-25-15-8-5-7-14(11-15)19-12-18(21(23)24)17-10-6-9-16(13(2)3)20(17)22-19/h5-13H,4H2,1-3H3,(H,23,24). The molecule has 4 nitrogen and oxygen atoms in total. The van der Waals surface area contributed by atoms with Crippen molar-refractivity contribution in [3.63, 3.8) is 0 Å². The maximum Gasteiger partial charge on any atom is 0.336 e. The van der Waals surface area contributed by atoms with Crippen LogP contribution in [0.3, 0.4) is 0 Å². The highest BCUT2D eigenvalue weighted by molar-refractivity contribution is 6.04. The molecule has 25 heavy (non-hydrogen) atoms. The minimum atomic E-state index is -0.949. The van der Waals surface area contributed by atoms with Crippen LogP contribution in [0.1, 0.15) is 42.6 Å². The van der Waals surface area contributed by atoms with Crippen LogP contribution in [0.2, 0.25) is 0 Å². The molecule has 0 fully saturated rings. The molecule has 0 unspecified atom stereocenters. The van der Waals surface area contributed by atoms with E-state index in [-0.39, 0.29) is 11.5 Å². The third-order valence-corrected chi connectivity index (χ3v) is 4.16. The number of carbonyl (C=O) groups is 1. The Balaban J connectivity index is 2.27. The van der Waals surface area contributed by atoms with Gasteiger partial charge in [0, 0.05) is 10.9 Å². The molecule has 0 radical (unpaired) electrons. The number of carboxylic acid groups (broad SMARTS) is 1. The van der Waals surface area contributed by atoms with Gasteiger partial charge < -0.3 is 9.84 Å². The monoisotopic (exact) mass is 335 g/mol. The van der Waals surface area contributed by atoms with Crippen LogP contribution in [-0.2, 0) is 0 Å². The van der Waals surface area contributed by atoms with E-state index in [1.54, 1.807) is 6.07 Å². The van der Waals surface area contributed by atoms with Gasteiger partial charge in [-0.3, -0.25) is 0 Å². The molecule has 3 rings (SSSR count). The highest BCUT2D eigenvalue weighted by Crippen LogP contribution is 2.31. The van der Waals surface area contributed by atoms with Gasteiger partial charge in [0.1, 0.15) is 5.75 Å². The molecule has 0 amide bonds. The van der Waals surface area contributed by atoms with E-state index < -0.39 is 5.97 Å². The van der Waals surface area contributed by atoms with Crippen molar-refractivity contribution in [3.05, 3.63) is 59.7 Å². The van der Waals surface area contributed by atoms with Crippen molar-refractivity contribution in [1.29, 1.82) is 0 Å². The summed E-state index contributed by atoms with van der Waals surface area (Å²) in [5, 5.41) is 10.3. The quantitative estimate of drug-likeness (QED) is 0.703. The zero-order valence-corrected chi connectivity index (χ0v) is 14.6. The molecule has 0 saturated heterocycles. The van der Waals surface area contributed by atoms with E-state index >= 15 is 0 Å². The molecule has 2 aromatic carbocycles. The Morgan fingerprint density at radius 2 is 1.92 bits per heavy atom. The fourth-order valence-electron chi connectivity index (χ4n) is 2.97. The normalized spacial score (nSPS) is 11.0. The van der Waals surface area contributed by atoms with E-state index in [1.807, 2.05) is 49.4 Å². The lowest BCUT2D eigenvalue weighted by Gasteiger charge is -2.13. The number of aromatic nitrogens is 1. The minimum Gasteiger partial charge on any atom is -0.494 e. The van der Waals surface area contributed by atoms with Crippen LogP contribution in [0.5, 0.6) is 5.75 Å². The molecule has 1 heterocycles. The molecule has 0 spiro atoms. The number of aromatic carboxylic acids is 1. The van der Waals surface area contributed by atoms with Crippen molar-refractivity contribution >= 4 is 16.9 Å². The number of rotatable bonds is 5. The molecular weight excluding hydrogens is 314 g/mol. The van der Waals surface area contributed by atoms with Gasteiger partial charge in [-0.05, 0) is 36.6 Å². The smallest absolute Gasteiger partial charge is 0.336 e. The highest BCUT2D eigenvalue weighted by atomic mass is 16.5. The lowest BCUT2D eigenvalue weighted by atomic mass is 9.96. The Morgan fingerprint density at radius 3 is 2.60 bits per heavy atom. The van der Waals surface area contributed by atoms with Gasteiger partial charge in [-0.15, -0.1) is 0 Å². The van der Waals surface area contributed by atoms with Crippen molar-refractivity contribution in [3.8, 4) is 17.0 Å². The molecule has 0 aliphatic heterocycles. The first-order chi connectivity index (χ1) is 12.0. The molecule has 0 atom stereocenters. The number of pyridine rings is 1. The second-order valence-electron chi connectivity index (χ2n) is 6.22. The Kier molecular flexibility index (Phi) is 4.70. The van der Waals surface area contributed by atoms with E-state index in [0.29, 0.717) is 17.7 Å². The first kappa shape index (κ1) is 17.0. The average molecular weight is 335 g/mol. The average Bonchev–Trinajstić information content (AvgIpc) is 2.60. The van der Waals surface area contributed by atoms with Crippen LogP contribution >= 0.6 is 0 Å². The largest absolute Gasteiger partial charge is 0.494 e. The van der Waals surface area contributed by atoms with Crippen LogP contribution < -0.4 is 4.74 Å². The van der Waals surface area contributed by atoms with Gasteiger partial charge in [0.25, 0.3) is 0 Å². The fraction of sp³-hybridized carbons (Fsp3) is 0.238. The van der Waals surface area contributed by atoms with Crippen molar-refractivity contribution in [1.82, 2.24) is 4.98 Å². The number of hydrogen-bond acceptors (Lipinski definition) is 3. The van der Waals surface area contributed by atoms with Gasteiger partial charge >= 0.3 is 5.97 Å². The number of benzene rings is 2. The van der Waals surface area contributed by atoms with Crippen LogP contribution in [-0.4, -0.2) is 22.7 Å². The zero-order chi connectivity index (χ0) is 18.0. The number of para-hydroxylation sites is 1. The minimum absolute atomic E-state index is 0.253. The summed E-state index contributed by atoms with van der Waals surface area (Å²) in [7, 11) is 0. The van der Waals surface area contributed by atoms with Crippen molar-refractivity contribution in [2.45, 2.75) is 26.7 Å². The molecule has 0 bridgehead atoms. The van der Waals surface area contributed by atoms with Crippen LogP contribution in [0.4, 0.5) is 0 Å². The first-order valence-electron chi connectivity index (χ1n) is 8.41. The van der Waals surface area contributed by atoms with E-state index in [2.05, 4.69) is 13.8 Å². The molecular formula is C21H21NO3. The van der Waals surface area contributed by atoms with Crippen LogP contribution in [0.15, 0.2) is 48.5 Å². The lowest BCUT2D eigenvalue weighted by Crippen LogP contribution is -2.02. The molecule has 4 heteroatoms. The summed E-state index contributed by atoms with van der Waals surface area (Å²) in [5.41, 5.74) is 3.54. The molecule has 3 aromatic rings. The number of hydrogen-bond donors (Lipinski definition) is 1. The summed E-state index contributed by atoms with van der Waals surface area (Å²) < 4.78 is 5.55. The number of nitrogens with zero attached hydrogens (tertiary/aromatic N) is 1. The second-order valence-corrected chi connectivity index (χ2v) is 6.22. The van der Waals surface area contributed by atoms with Crippen molar-refractivity contribution in [2.24, 2.45) is 0 Å². The third kappa shape index (κ3) is 3.33. The summed E-state index contributed by atoms with van der Waals surface area (Å²) in [6.45, 7) is 6.67. The molecule has 0 aliphatic rings. The van der Waals surface area contributed by atoms with Gasteiger partial charge in [0.15, 0.2) is 0 Å². The van der Waals surface area contributed by atoms with Crippen molar-refractivity contribution < 1.29 is 14.6 Å². The Labute approximate surface area is 147 Å². The number of ether oxygens (including phenoxy) is 1. The van der Waals surface area contributed by atoms with Crippen molar-refractivity contribution in [2.75, 3.05) is 6.61 Å². The number of carboxylic acids is 1. The maximum absolute atomic E-state index is 11.8. The fourth-order valence-corrected chi connectivity index (χ4v) is 2.97. The Bertz CT molecular complexity index is 932. The van der Waals surface area contributed by atoms with E-state index in [9.17, 15) is 9.90 Å². The first-order valence-corrected chi connectivity index (χ1v) is 8.41. The van der Waals surface area contributed by atoms with Gasteiger partial charge in [-0.25, -0.2) is 9.78 Å². The Morgan fingerprint density at radius 1 is 1.16 bits per heavy atom. The Hall–Kier alpha value is -2.88. The summed E-state index contributed by atoms with van der Waals surface area (Å²) in [5.74, 6) is 0.0503. The topological polar surface area (TPSA) is 59.4 Å². The van der Waals surface area contributed by atoms with Crippen LogP contribution in [0.25, 0.3) is 22.2 Å². The summed E-state index contributed by atoms with van der Waals surface area (Å²) in [4.78, 5) is 16.6. The third-order valence-electron chi connectivity index (χ3n) is 4.16. The predicted octanol–water partition coefficient (Wildman–Crippen LogP) is 5.12. The molecule has 1 aromatic heterocycles. The maximum atomic E-state index is 11.8. The van der Waals surface area contributed by atoms with Gasteiger partial charge in [-0.2, -0.15) is 0 Å². The lowest BCUT2D eigenvalue weighted by molar-refractivity contribution is 0.0699. The van der Waals surface area contributed by atoms with Crippen LogP contribution in [0, 0.1) is 0 Å². The molecule has 0 saturated carbocycles. The molecule has 0 aliphatic carbocycles. The summed E-state index contributed by atoms with van der Waals surface area (Å²) in [6.07, 6.45) is 0. The molecule has 1 N–H and O–H groups in total. The molecule has 128 valence electrons. The summed E-state index contributed by atoms with van der Waals surface area (Å²) in [6, 6.07) is 14.9. The number of fused-ring (bicyclic) bond motifs is 1. The summed E-state index contributed by atoms with van der Waals surface area (Å²) >= 11 is 0. The van der Waals surface area contributed by atoms with E-state index in [4.69, 9.17) is 9.72 Å². The van der Waals surface area contributed by atoms with E-state index in [1.165, 1.54) is 0 Å². The van der Waals surface area contributed by atoms with E-state index in [0.717, 1.165) is 22.4 Å².